The summed E-state index contributed by atoms with van der Waals surface area (Å²) in [5.41, 5.74) is 1.43. The van der Waals surface area contributed by atoms with Crippen LogP contribution < -0.4 is 0 Å². The predicted octanol–water partition coefficient (Wildman–Crippen LogP) is 2.56. The zero-order valence-corrected chi connectivity index (χ0v) is 12.2. The Morgan fingerprint density at radius 1 is 1.05 bits per heavy atom. The Morgan fingerprint density at radius 2 is 1.60 bits per heavy atom. The Hall–Kier alpha value is -1.36. The molecule has 0 spiro atoms. The van der Waals surface area contributed by atoms with Gasteiger partial charge >= 0.3 is 5.97 Å². The van der Waals surface area contributed by atoms with E-state index in [0.717, 1.165) is 37.7 Å². The van der Waals surface area contributed by atoms with Crippen molar-refractivity contribution in [1.82, 2.24) is 0 Å². The van der Waals surface area contributed by atoms with Crippen LogP contribution in [0.15, 0.2) is 24.3 Å². The molecule has 1 aliphatic carbocycles. The predicted molar refractivity (Wildman–Crippen MR) is 77.3 cm³/mol. The van der Waals surface area contributed by atoms with Gasteiger partial charge in [0, 0.05) is 0 Å². The van der Waals surface area contributed by atoms with Crippen LogP contribution in [0.5, 0.6) is 0 Å². The molecule has 1 aromatic rings. The van der Waals surface area contributed by atoms with Gasteiger partial charge in [0.15, 0.2) is 9.84 Å². The SMILES string of the molecule is O=C(O)Cc1ccc(CS(=O)(=O)C2CCCCC2)cc1. The first-order chi connectivity index (χ1) is 9.47. The third kappa shape index (κ3) is 4.07. The summed E-state index contributed by atoms with van der Waals surface area (Å²) in [4.78, 5) is 10.6. The lowest BCUT2D eigenvalue weighted by Gasteiger charge is -2.21. The molecule has 0 aliphatic heterocycles. The highest BCUT2D eigenvalue weighted by Crippen LogP contribution is 2.26. The average molecular weight is 296 g/mol. The summed E-state index contributed by atoms with van der Waals surface area (Å²) in [7, 11) is -3.09. The van der Waals surface area contributed by atoms with Crippen LogP contribution in [0.1, 0.15) is 43.2 Å². The molecule has 1 aromatic carbocycles. The molecule has 20 heavy (non-hydrogen) atoms. The van der Waals surface area contributed by atoms with Gasteiger partial charge in [0.1, 0.15) is 0 Å². The van der Waals surface area contributed by atoms with Crippen molar-refractivity contribution in [3.63, 3.8) is 0 Å². The van der Waals surface area contributed by atoms with E-state index in [4.69, 9.17) is 5.11 Å². The van der Waals surface area contributed by atoms with E-state index in [1.807, 2.05) is 0 Å². The molecule has 0 atom stereocenters. The van der Waals surface area contributed by atoms with Crippen LogP contribution in [0.4, 0.5) is 0 Å². The molecule has 0 heterocycles. The quantitative estimate of drug-likeness (QED) is 0.906. The molecular weight excluding hydrogens is 276 g/mol. The van der Waals surface area contributed by atoms with E-state index in [9.17, 15) is 13.2 Å². The first-order valence-corrected chi connectivity index (χ1v) is 8.70. The minimum Gasteiger partial charge on any atom is -0.481 e. The molecule has 0 bridgehead atoms. The van der Waals surface area contributed by atoms with Gasteiger partial charge in [-0.15, -0.1) is 0 Å². The van der Waals surface area contributed by atoms with Crippen molar-refractivity contribution >= 4 is 15.8 Å². The van der Waals surface area contributed by atoms with Gasteiger partial charge in [-0.05, 0) is 24.0 Å². The van der Waals surface area contributed by atoms with Crippen LogP contribution in [0.25, 0.3) is 0 Å². The second-order valence-electron chi connectivity index (χ2n) is 5.45. The van der Waals surface area contributed by atoms with Crippen LogP contribution in [-0.2, 0) is 26.8 Å². The molecule has 0 radical (unpaired) electrons. The van der Waals surface area contributed by atoms with Crippen molar-refractivity contribution in [2.24, 2.45) is 0 Å². The molecule has 0 saturated heterocycles. The van der Waals surface area contributed by atoms with E-state index in [1.165, 1.54) is 0 Å². The summed E-state index contributed by atoms with van der Waals surface area (Å²) < 4.78 is 24.6. The molecule has 110 valence electrons. The molecular formula is C15H20O4S. The number of sulfone groups is 1. The van der Waals surface area contributed by atoms with Gasteiger partial charge in [0.05, 0.1) is 17.4 Å². The van der Waals surface area contributed by atoms with E-state index >= 15 is 0 Å². The Morgan fingerprint density at radius 3 is 2.15 bits per heavy atom. The van der Waals surface area contributed by atoms with Gasteiger partial charge in [0.2, 0.25) is 0 Å². The van der Waals surface area contributed by atoms with E-state index in [-0.39, 0.29) is 17.4 Å². The smallest absolute Gasteiger partial charge is 0.307 e. The maximum absolute atomic E-state index is 12.3. The molecule has 1 saturated carbocycles. The third-order valence-electron chi connectivity index (χ3n) is 3.81. The van der Waals surface area contributed by atoms with Gasteiger partial charge in [-0.3, -0.25) is 4.79 Å². The van der Waals surface area contributed by atoms with Gasteiger partial charge in [0.25, 0.3) is 0 Å². The maximum Gasteiger partial charge on any atom is 0.307 e. The molecule has 1 aliphatic rings. The lowest BCUT2D eigenvalue weighted by atomic mass is 10.0. The summed E-state index contributed by atoms with van der Waals surface area (Å²) in [5, 5.41) is 8.50. The van der Waals surface area contributed by atoms with Crippen molar-refractivity contribution in [2.75, 3.05) is 0 Å². The van der Waals surface area contributed by atoms with E-state index in [2.05, 4.69) is 0 Å². The summed E-state index contributed by atoms with van der Waals surface area (Å²) in [6.45, 7) is 0. The first kappa shape index (κ1) is 15.0. The van der Waals surface area contributed by atoms with Crippen molar-refractivity contribution in [1.29, 1.82) is 0 Å². The lowest BCUT2D eigenvalue weighted by molar-refractivity contribution is -0.136. The fraction of sp³-hybridized carbons (Fsp3) is 0.533. The number of benzene rings is 1. The molecule has 1 fully saturated rings. The second kappa shape index (κ2) is 6.39. The Labute approximate surface area is 119 Å². The highest BCUT2D eigenvalue weighted by Gasteiger charge is 2.27. The molecule has 0 amide bonds. The van der Waals surface area contributed by atoms with Crippen LogP contribution in [0, 0.1) is 0 Å². The lowest BCUT2D eigenvalue weighted by Crippen LogP contribution is -2.25. The number of carboxylic acids is 1. The number of carboxylic acid groups (broad SMARTS) is 1. The van der Waals surface area contributed by atoms with E-state index in [0.29, 0.717) is 5.56 Å². The number of hydrogen-bond donors (Lipinski definition) is 1. The van der Waals surface area contributed by atoms with Crippen molar-refractivity contribution in [3.8, 4) is 0 Å². The minimum atomic E-state index is -3.09. The van der Waals surface area contributed by atoms with Crippen LogP contribution in [0.3, 0.4) is 0 Å². The molecule has 0 aromatic heterocycles. The highest BCUT2D eigenvalue weighted by molar-refractivity contribution is 7.91. The number of aliphatic carboxylic acids is 1. The Bertz CT molecular complexity index is 554. The van der Waals surface area contributed by atoms with Gasteiger partial charge in [-0.25, -0.2) is 8.42 Å². The van der Waals surface area contributed by atoms with Gasteiger partial charge < -0.3 is 5.11 Å². The third-order valence-corrected chi connectivity index (χ3v) is 6.03. The standard InChI is InChI=1S/C15H20O4S/c16-15(17)10-12-6-8-13(9-7-12)11-20(18,19)14-4-2-1-3-5-14/h6-9,14H,1-5,10-11H2,(H,16,17). The van der Waals surface area contributed by atoms with Crippen molar-refractivity contribution in [2.45, 2.75) is 49.5 Å². The first-order valence-electron chi connectivity index (χ1n) is 6.98. The fourth-order valence-electron chi connectivity index (χ4n) is 2.70. The number of rotatable bonds is 5. The average Bonchev–Trinajstić information content (AvgIpc) is 2.41. The summed E-state index contributed by atoms with van der Waals surface area (Å²) in [5.74, 6) is -0.821. The molecule has 5 heteroatoms. The number of hydrogen-bond acceptors (Lipinski definition) is 3. The van der Waals surface area contributed by atoms with Crippen molar-refractivity contribution in [3.05, 3.63) is 35.4 Å². The zero-order valence-electron chi connectivity index (χ0n) is 11.4. The van der Waals surface area contributed by atoms with Crippen LogP contribution in [0.2, 0.25) is 0 Å². The van der Waals surface area contributed by atoms with Crippen LogP contribution in [-0.4, -0.2) is 24.7 Å². The fourth-order valence-corrected chi connectivity index (χ4v) is 4.65. The van der Waals surface area contributed by atoms with Gasteiger partial charge in [-0.1, -0.05) is 43.5 Å². The summed E-state index contributed by atoms with van der Waals surface area (Å²) in [6, 6.07) is 6.83. The minimum absolute atomic E-state index is 0.0321. The topological polar surface area (TPSA) is 71.4 Å². The normalized spacial score (nSPS) is 17.0. The second-order valence-corrected chi connectivity index (χ2v) is 7.74. The summed E-state index contributed by atoms with van der Waals surface area (Å²) in [6.07, 6.45) is 4.66. The van der Waals surface area contributed by atoms with Crippen molar-refractivity contribution < 1.29 is 18.3 Å². The van der Waals surface area contributed by atoms with E-state index in [1.54, 1.807) is 24.3 Å². The molecule has 4 nitrogen and oxygen atoms in total. The zero-order chi connectivity index (χ0) is 14.6. The Balaban J connectivity index is 2.03. The highest BCUT2D eigenvalue weighted by atomic mass is 32.2. The molecule has 0 unspecified atom stereocenters. The largest absolute Gasteiger partial charge is 0.481 e. The van der Waals surface area contributed by atoms with Gasteiger partial charge in [-0.2, -0.15) is 0 Å². The molecule has 2 rings (SSSR count). The Kier molecular flexibility index (Phi) is 4.81. The van der Waals surface area contributed by atoms with E-state index < -0.39 is 15.8 Å². The maximum atomic E-state index is 12.3. The van der Waals surface area contributed by atoms with Crippen LogP contribution >= 0.6 is 0 Å². The monoisotopic (exact) mass is 296 g/mol. The molecule has 1 N–H and O–H groups in total. The number of carbonyl (C=O) groups is 1. The summed E-state index contributed by atoms with van der Waals surface area (Å²) >= 11 is 0.